The van der Waals surface area contributed by atoms with Crippen LogP contribution in [0.5, 0.6) is 5.75 Å². The summed E-state index contributed by atoms with van der Waals surface area (Å²) in [5.41, 5.74) is 13.3. The van der Waals surface area contributed by atoms with Gasteiger partial charge in [-0.25, -0.2) is 4.98 Å². The topological polar surface area (TPSA) is 128 Å². The summed E-state index contributed by atoms with van der Waals surface area (Å²) < 4.78 is 6.14. The average molecular weight is 382 g/mol. The summed E-state index contributed by atoms with van der Waals surface area (Å²) >= 11 is 1.39. The molecule has 0 fully saturated rings. The Bertz CT molecular complexity index is 1040. The van der Waals surface area contributed by atoms with Gasteiger partial charge in [-0.05, 0) is 42.8 Å². The summed E-state index contributed by atoms with van der Waals surface area (Å²) in [4.78, 5) is 16.9. The summed E-state index contributed by atoms with van der Waals surface area (Å²) in [5.74, 6) is 0.391. The SMILES string of the molecule is COc1ccc2nc(NC(=O)c3ccc(/C(C)=N\N=C(N)N)cc3)sc2c1. The Morgan fingerprint density at radius 3 is 2.48 bits per heavy atom. The van der Waals surface area contributed by atoms with E-state index in [1.807, 2.05) is 18.2 Å². The Morgan fingerprint density at radius 2 is 1.81 bits per heavy atom. The van der Waals surface area contributed by atoms with E-state index in [1.165, 1.54) is 11.3 Å². The predicted molar refractivity (Wildman–Crippen MR) is 109 cm³/mol. The van der Waals surface area contributed by atoms with Crippen molar-refractivity contribution >= 4 is 44.3 Å². The molecule has 3 rings (SSSR count). The second-order valence-electron chi connectivity index (χ2n) is 5.59. The van der Waals surface area contributed by atoms with Crippen molar-refractivity contribution in [2.75, 3.05) is 12.4 Å². The number of carbonyl (C=O) groups is 1. The molecule has 0 saturated carbocycles. The fourth-order valence-corrected chi connectivity index (χ4v) is 3.20. The van der Waals surface area contributed by atoms with Gasteiger partial charge in [0.1, 0.15) is 5.75 Å². The van der Waals surface area contributed by atoms with Crippen LogP contribution in [-0.2, 0) is 0 Å². The van der Waals surface area contributed by atoms with Crippen LogP contribution in [0, 0.1) is 0 Å². The fourth-order valence-electron chi connectivity index (χ4n) is 2.31. The van der Waals surface area contributed by atoms with E-state index in [0.29, 0.717) is 16.4 Å². The number of aromatic nitrogens is 1. The summed E-state index contributed by atoms with van der Waals surface area (Å²) in [6, 6.07) is 12.5. The molecule has 2 aromatic carbocycles. The molecule has 1 aromatic heterocycles. The Labute approximate surface area is 159 Å². The van der Waals surface area contributed by atoms with Gasteiger partial charge in [-0.3, -0.25) is 10.1 Å². The van der Waals surface area contributed by atoms with Crippen molar-refractivity contribution in [3.05, 3.63) is 53.6 Å². The number of ether oxygens (including phenoxy) is 1. The van der Waals surface area contributed by atoms with Crippen molar-refractivity contribution in [1.82, 2.24) is 4.98 Å². The first kappa shape index (κ1) is 18.3. The van der Waals surface area contributed by atoms with Crippen LogP contribution >= 0.6 is 11.3 Å². The number of amides is 1. The van der Waals surface area contributed by atoms with E-state index in [1.54, 1.807) is 38.3 Å². The molecule has 0 aliphatic rings. The molecule has 0 aliphatic heterocycles. The zero-order chi connectivity index (χ0) is 19.4. The van der Waals surface area contributed by atoms with Crippen LogP contribution in [0.4, 0.5) is 5.13 Å². The fraction of sp³-hybridized carbons (Fsp3) is 0.111. The van der Waals surface area contributed by atoms with Gasteiger partial charge in [0.05, 0.1) is 23.0 Å². The zero-order valence-corrected chi connectivity index (χ0v) is 15.6. The molecule has 8 nitrogen and oxygen atoms in total. The number of nitrogens with one attached hydrogen (secondary N) is 1. The monoisotopic (exact) mass is 382 g/mol. The van der Waals surface area contributed by atoms with E-state index >= 15 is 0 Å². The molecule has 0 radical (unpaired) electrons. The van der Waals surface area contributed by atoms with Gasteiger partial charge in [0, 0.05) is 5.56 Å². The molecule has 1 heterocycles. The van der Waals surface area contributed by atoms with Crippen molar-refractivity contribution in [1.29, 1.82) is 0 Å². The number of methoxy groups -OCH3 is 1. The van der Waals surface area contributed by atoms with Gasteiger partial charge in [0.15, 0.2) is 5.13 Å². The van der Waals surface area contributed by atoms with E-state index in [4.69, 9.17) is 16.2 Å². The lowest BCUT2D eigenvalue weighted by Crippen LogP contribution is -2.22. The number of thiazole rings is 1. The highest BCUT2D eigenvalue weighted by molar-refractivity contribution is 7.22. The van der Waals surface area contributed by atoms with Crippen LogP contribution < -0.4 is 21.5 Å². The molecule has 9 heteroatoms. The quantitative estimate of drug-likeness (QED) is 0.355. The zero-order valence-electron chi connectivity index (χ0n) is 14.8. The first-order valence-electron chi connectivity index (χ1n) is 7.96. The van der Waals surface area contributed by atoms with Crippen molar-refractivity contribution in [2.24, 2.45) is 21.7 Å². The number of nitrogens with zero attached hydrogens (tertiary/aromatic N) is 3. The maximum atomic E-state index is 12.5. The van der Waals surface area contributed by atoms with Gasteiger partial charge in [-0.1, -0.05) is 23.5 Å². The number of fused-ring (bicyclic) bond motifs is 1. The number of nitrogens with two attached hydrogens (primary N) is 2. The van der Waals surface area contributed by atoms with Crippen LogP contribution in [-0.4, -0.2) is 29.7 Å². The molecule has 0 bridgehead atoms. The molecule has 0 spiro atoms. The molecule has 138 valence electrons. The summed E-state index contributed by atoms with van der Waals surface area (Å²) in [5, 5.41) is 10.9. The molecule has 1 amide bonds. The minimum Gasteiger partial charge on any atom is -0.497 e. The molecule has 0 aliphatic carbocycles. The predicted octanol–water partition coefficient (Wildman–Crippen LogP) is 2.55. The second kappa shape index (κ2) is 7.83. The molecule has 0 atom stereocenters. The van der Waals surface area contributed by atoms with Gasteiger partial charge in [-0.2, -0.15) is 5.10 Å². The van der Waals surface area contributed by atoms with Crippen LogP contribution in [0.15, 0.2) is 52.7 Å². The Morgan fingerprint density at radius 1 is 1.11 bits per heavy atom. The molecule has 3 aromatic rings. The molecular weight excluding hydrogens is 364 g/mol. The van der Waals surface area contributed by atoms with Crippen molar-refractivity contribution in [3.8, 4) is 5.75 Å². The van der Waals surface area contributed by atoms with Gasteiger partial charge >= 0.3 is 0 Å². The number of hydrogen-bond donors (Lipinski definition) is 3. The third-order valence-electron chi connectivity index (χ3n) is 3.70. The molecule has 0 unspecified atom stereocenters. The third kappa shape index (κ3) is 4.39. The summed E-state index contributed by atoms with van der Waals surface area (Å²) in [6.07, 6.45) is 0. The minimum atomic E-state index is -0.244. The molecule has 27 heavy (non-hydrogen) atoms. The van der Waals surface area contributed by atoms with Gasteiger partial charge in [0.25, 0.3) is 5.91 Å². The highest BCUT2D eigenvalue weighted by Crippen LogP contribution is 2.29. The lowest BCUT2D eigenvalue weighted by Gasteiger charge is -2.03. The highest BCUT2D eigenvalue weighted by Gasteiger charge is 2.11. The van der Waals surface area contributed by atoms with Gasteiger partial charge < -0.3 is 16.2 Å². The van der Waals surface area contributed by atoms with E-state index in [9.17, 15) is 4.79 Å². The van der Waals surface area contributed by atoms with Gasteiger partial charge in [0.2, 0.25) is 5.96 Å². The summed E-state index contributed by atoms with van der Waals surface area (Å²) in [7, 11) is 1.61. The minimum absolute atomic E-state index is 0.112. The number of hydrogen-bond acceptors (Lipinski definition) is 6. The van der Waals surface area contributed by atoms with Crippen LogP contribution in [0.2, 0.25) is 0 Å². The van der Waals surface area contributed by atoms with E-state index in [-0.39, 0.29) is 11.9 Å². The van der Waals surface area contributed by atoms with E-state index in [0.717, 1.165) is 21.5 Å². The third-order valence-corrected chi connectivity index (χ3v) is 4.63. The van der Waals surface area contributed by atoms with Crippen LogP contribution in [0.1, 0.15) is 22.8 Å². The number of anilines is 1. The van der Waals surface area contributed by atoms with Crippen molar-refractivity contribution in [2.45, 2.75) is 6.92 Å². The van der Waals surface area contributed by atoms with Gasteiger partial charge in [-0.15, -0.1) is 5.10 Å². The van der Waals surface area contributed by atoms with Crippen LogP contribution in [0.3, 0.4) is 0 Å². The largest absolute Gasteiger partial charge is 0.497 e. The van der Waals surface area contributed by atoms with E-state index < -0.39 is 0 Å². The number of rotatable bonds is 5. The number of guanidine groups is 1. The highest BCUT2D eigenvalue weighted by atomic mass is 32.1. The normalized spacial score (nSPS) is 11.3. The first-order valence-corrected chi connectivity index (χ1v) is 8.77. The Kier molecular flexibility index (Phi) is 5.32. The second-order valence-corrected chi connectivity index (χ2v) is 6.63. The number of carbonyl (C=O) groups excluding carboxylic acids is 1. The Hall–Kier alpha value is -3.46. The summed E-state index contributed by atoms with van der Waals surface area (Å²) in [6.45, 7) is 1.77. The Balaban J connectivity index is 1.74. The average Bonchev–Trinajstić information content (AvgIpc) is 3.07. The lowest BCUT2D eigenvalue weighted by atomic mass is 10.1. The lowest BCUT2D eigenvalue weighted by molar-refractivity contribution is 0.102. The van der Waals surface area contributed by atoms with E-state index in [2.05, 4.69) is 20.5 Å². The smallest absolute Gasteiger partial charge is 0.257 e. The standard InChI is InChI=1S/C18H18N6O2S/c1-10(23-24-17(19)20)11-3-5-12(6-4-11)16(25)22-18-21-14-8-7-13(26-2)9-15(14)27-18/h3-9H,1-2H3,(H4,19,20,24)(H,21,22,25)/b23-10-. The molecule has 0 saturated heterocycles. The molecular formula is C18H18N6O2S. The number of benzene rings is 2. The first-order chi connectivity index (χ1) is 13.0. The van der Waals surface area contributed by atoms with Crippen molar-refractivity contribution < 1.29 is 9.53 Å². The van der Waals surface area contributed by atoms with Crippen LogP contribution in [0.25, 0.3) is 10.2 Å². The molecule has 5 N–H and O–H groups in total. The maximum absolute atomic E-state index is 12.5. The maximum Gasteiger partial charge on any atom is 0.257 e. The van der Waals surface area contributed by atoms with Crippen molar-refractivity contribution in [3.63, 3.8) is 0 Å².